The van der Waals surface area contributed by atoms with E-state index >= 15 is 0 Å². The number of ether oxygens (including phenoxy) is 2. The summed E-state index contributed by atoms with van der Waals surface area (Å²) in [6.45, 7) is 2.84. The van der Waals surface area contributed by atoms with Gasteiger partial charge in [-0.15, -0.1) is 0 Å². The Hall–Kier alpha value is -2.53. The summed E-state index contributed by atoms with van der Waals surface area (Å²) in [5.74, 6) is 0.438. The number of rotatable bonds is 3. The Morgan fingerprint density at radius 2 is 2.04 bits per heavy atom. The number of amides is 1. The van der Waals surface area contributed by atoms with Crippen molar-refractivity contribution in [2.75, 3.05) is 18.5 Å². The third-order valence-corrected chi connectivity index (χ3v) is 3.98. The predicted molar refractivity (Wildman–Crippen MR) is 95.9 cm³/mol. The monoisotopic (exact) mass is 361 g/mol. The molecule has 1 heterocycles. The lowest BCUT2D eigenvalue weighted by Crippen LogP contribution is -2.09. The number of fused-ring (bicyclic) bond motifs is 1. The van der Waals surface area contributed by atoms with Gasteiger partial charge in [-0.05, 0) is 54.5 Å². The van der Waals surface area contributed by atoms with Crippen molar-refractivity contribution >= 4 is 29.3 Å². The van der Waals surface area contributed by atoms with Crippen molar-refractivity contribution in [1.29, 1.82) is 0 Å². The largest absolute Gasteiger partial charge is 0.489 e. The molecule has 1 N–H and O–H groups in total. The summed E-state index contributed by atoms with van der Waals surface area (Å²) in [7, 11) is 0. The summed E-state index contributed by atoms with van der Waals surface area (Å²) in [6, 6.07) is 7.68. The number of nitrogens with one attached hydrogen (secondary N) is 1. The van der Waals surface area contributed by atoms with Crippen molar-refractivity contribution < 1.29 is 18.7 Å². The summed E-state index contributed by atoms with van der Waals surface area (Å²) in [5.41, 5.74) is 1.94. The van der Waals surface area contributed by atoms with Crippen molar-refractivity contribution in [3.8, 4) is 11.5 Å². The summed E-state index contributed by atoms with van der Waals surface area (Å²) in [5, 5.41) is 3.15. The molecule has 0 bridgehead atoms. The molecule has 4 nitrogen and oxygen atoms in total. The third kappa shape index (κ3) is 4.31. The highest BCUT2D eigenvalue weighted by Gasteiger charge is 2.15. The van der Waals surface area contributed by atoms with Crippen molar-refractivity contribution in [2.24, 2.45) is 0 Å². The molecule has 6 heteroatoms. The Morgan fingerprint density at radius 3 is 2.84 bits per heavy atom. The van der Waals surface area contributed by atoms with E-state index in [2.05, 4.69) is 5.32 Å². The van der Waals surface area contributed by atoms with E-state index in [1.807, 2.05) is 0 Å². The van der Waals surface area contributed by atoms with Gasteiger partial charge in [0.1, 0.15) is 5.82 Å². The van der Waals surface area contributed by atoms with Gasteiger partial charge in [-0.2, -0.15) is 0 Å². The molecule has 130 valence electrons. The average Bonchev–Trinajstić information content (AvgIpc) is 2.81. The first-order chi connectivity index (χ1) is 12.0. The number of halogens is 2. The Bertz CT molecular complexity index is 836. The number of anilines is 1. The molecule has 0 saturated carbocycles. The highest BCUT2D eigenvalue weighted by atomic mass is 35.5. The molecule has 1 aliphatic heterocycles. The van der Waals surface area contributed by atoms with Gasteiger partial charge in [-0.1, -0.05) is 11.6 Å². The SMILES string of the molecule is Cc1cc(F)ccc1NC(=O)/C=C/c1cc(Cl)c2c(c1)OCCCO2. The molecule has 2 aromatic rings. The van der Waals surface area contributed by atoms with Crippen LogP contribution < -0.4 is 14.8 Å². The van der Waals surface area contributed by atoms with Crippen LogP contribution in [-0.4, -0.2) is 19.1 Å². The van der Waals surface area contributed by atoms with E-state index < -0.39 is 0 Å². The molecular formula is C19H17ClFNO3. The number of carbonyl (C=O) groups is 1. The number of carbonyl (C=O) groups excluding carboxylic acids is 1. The normalized spacial score (nSPS) is 13.6. The van der Waals surface area contributed by atoms with Gasteiger partial charge in [0, 0.05) is 18.2 Å². The topological polar surface area (TPSA) is 47.6 Å². The van der Waals surface area contributed by atoms with Crippen molar-refractivity contribution in [3.63, 3.8) is 0 Å². The molecule has 0 atom stereocenters. The average molecular weight is 362 g/mol. The molecule has 1 aliphatic rings. The fraction of sp³-hybridized carbons (Fsp3) is 0.211. The van der Waals surface area contributed by atoms with E-state index in [1.165, 1.54) is 24.3 Å². The van der Waals surface area contributed by atoms with Crippen molar-refractivity contribution in [1.82, 2.24) is 0 Å². The fourth-order valence-electron chi connectivity index (χ4n) is 2.46. The van der Waals surface area contributed by atoms with Gasteiger partial charge in [-0.3, -0.25) is 4.79 Å². The molecule has 25 heavy (non-hydrogen) atoms. The van der Waals surface area contributed by atoms with Crippen LogP contribution in [0.5, 0.6) is 11.5 Å². The minimum absolute atomic E-state index is 0.321. The molecule has 3 rings (SSSR count). The van der Waals surface area contributed by atoms with Crippen LogP contribution in [0.15, 0.2) is 36.4 Å². The van der Waals surface area contributed by atoms with Gasteiger partial charge < -0.3 is 14.8 Å². The van der Waals surface area contributed by atoms with E-state index in [9.17, 15) is 9.18 Å². The van der Waals surface area contributed by atoms with Crippen LogP contribution in [0.25, 0.3) is 6.08 Å². The highest BCUT2D eigenvalue weighted by Crippen LogP contribution is 2.38. The minimum Gasteiger partial charge on any atom is -0.489 e. The van der Waals surface area contributed by atoms with Crippen LogP contribution in [0, 0.1) is 12.7 Å². The first-order valence-corrected chi connectivity index (χ1v) is 8.25. The van der Waals surface area contributed by atoms with Crippen LogP contribution in [0.3, 0.4) is 0 Å². The molecule has 0 fully saturated rings. The smallest absolute Gasteiger partial charge is 0.248 e. The minimum atomic E-state index is -0.340. The van der Waals surface area contributed by atoms with Crippen LogP contribution in [0.4, 0.5) is 10.1 Å². The quantitative estimate of drug-likeness (QED) is 0.813. The Labute approximate surface area is 150 Å². The lowest BCUT2D eigenvalue weighted by molar-refractivity contribution is -0.111. The number of hydrogen-bond acceptors (Lipinski definition) is 3. The lowest BCUT2D eigenvalue weighted by atomic mass is 10.1. The molecular weight excluding hydrogens is 345 g/mol. The zero-order valence-corrected chi connectivity index (χ0v) is 14.4. The van der Waals surface area contributed by atoms with E-state index in [-0.39, 0.29) is 11.7 Å². The summed E-state index contributed by atoms with van der Waals surface area (Å²) < 4.78 is 24.3. The second kappa shape index (κ2) is 7.57. The van der Waals surface area contributed by atoms with Crippen LogP contribution in [0.2, 0.25) is 5.02 Å². The van der Waals surface area contributed by atoms with E-state index in [0.717, 1.165) is 12.0 Å². The summed E-state index contributed by atoms with van der Waals surface area (Å²) in [6.07, 6.45) is 3.81. The number of hydrogen-bond donors (Lipinski definition) is 1. The standard InChI is InChI=1S/C19H17ClFNO3/c1-12-9-14(21)4-5-16(12)22-18(23)6-3-13-10-15(20)19-17(11-13)24-7-2-8-25-19/h3-6,9-11H,2,7-8H2,1H3,(H,22,23)/b6-3+. The zero-order chi connectivity index (χ0) is 17.8. The van der Waals surface area contributed by atoms with Gasteiger partial charge in [-0.25, -0.2) is 4.39 Å². The van der Waals surface area contributed by atoms with Crippen molar-refractivity contribution in [3.05, 3.63) is 58.4 Å². The highest BCUT2D eigenvalue weighted by molar-refractivity contribution is 6.32. The van der Waals surface area contributed by atoms with Crippen LogP contribution >= 0.6 is 11.6 Å². The van der Waals surface area contributed by atoms with Gasteiger partial charge in [0.05, 0.1) is 18.2 Å². The molecule has 1 amide bonds. The summed E-state index contributed by atoms with van der Waals surface area (Å²) in [4.78, 5) is 12.1. The molecule has 0 radical (unpaired) electrons. The first kappa shape index (κ1) is 17.3. The maximum Gasteiger partial charge on any atom is 0.248 e. The van der Waals surface area contributed by atoms with Crippen LogP contribution in [0.1, 0.15) is 17.5 Å². The van der Waals surface area contributed by atoms with E-state index in [4.69, 9.17) is 21.1 Å². The molecule has 0 aliphatic carbocycles. The molecule has 0 aromatic heterocycles. The molecule has 2 aromatic carbocycles. The number of benzene rings is 2. The Kier molecular flexibility index (Phi) is 5.24. The number of aryl methyl sites for hydroxylation is 1. The maximum absolute atomic E-state index is 13.1. The molecule has 0 unspecified atom stereocenters. The maximum atomic E-state index is 13.1. The van der Waals surface area contributed by atoms with Crippen LogP contribution in [-0.2, 0) is 4.79 Å². The Morgan fingerprint density at radius 1 is 1.24 bits per heavy atom. The Balaban J connectivity index is 1.74. The molecule has 0 spiro atoms. The van der Waals surface area contributed by atoms with E-state index in [0.29, 0.717) is 41.0 Å². The molecule has 0 saturated heterocycles. The third-order valence-electron chi connectivity index (χ3n) is 3.70. The predicted octanol–water partition coefficient (Wildman–Crippen LogP) is 4.60. The van der Waals surface area contributed by atoms with Gasteiger partial charge in [0.15, 0.2) is 11.5 Å². The van der Waals surface area contributed by atoms with Gasteiger partial charge >= 0.3 is 0 Å². The second-order valence-corrected chi connectivity index (χ2v) is 6.07. The fourth-order valence-corrected chi connectivity index (χ4v) is 2.73. The lowest BCUT2D eigenvalue weighted by Gasteiger charge is -2.10. The first-order valence-electron chi connectivity index (χ1n) is 7.87. The van der Waals surface area contributed by atoms with E-state index in [1.54, 1.807) is 25.1 Å². The van der Waals surface area contributed by atoms with Gasteiger partial charge in [0.2, 0.25) is 5.91 Å². The van der Waals surface area contributed by atoms with Crippen molar-refractivity contribution in [2.45, 2.75) is 13.3 Å². The summed E-state index contributed by atoms with van der Waals surface area (Å²) >= 11 is 6.23. The van der Waals surface area contributed by atoms with Gasteiger partial charge in [0.25, 0.3) is 0 Å². The zero-order valence-electron chi connectivity index (χ0n) is 13.6. The second-order valence-electron chi connectivity index (χ2n) is 5.66.